The van der Waals surface area contributed by atoms with Crippen LogP contribution < -0.4 is 0 Å². The van der Waals surface area contributed by atoms with Crippen molar-refractivity contribution in [2.45, 2.75) is 52.4 Å². The average Bonchev–Trinajstić information content (AvgIpc) is 2.78. The summed E-state index contributed by atoms with van der Waals surface area (Å²) < 4.78 is 0. The van der Waals surface area contributed by atoms with Crippen molar-refractivity contribution in [3.8, 4) is 0 Å². The van der Waals surface area contributed by atoms with Crippen LogP contribution in [0.3, 0.4) is 0 Å². The average molecular weight is 254 g/mol. The fraction of sp³-hybridized carbons (Fsp3) is 0.471. The van der Waals surface area contributed by atoms with Gasteiger partial charge in [0.2, 0.25) is 0 Å². The van der Waals surface area contributed by atoms with Crippen molar-refractivity contribution in [1.29, 1.82) is 0 Å². The van der Waals surface area contributed by atoms with Crippen molar-refractivity contribution in [2.75, 3.05) is 0 Å². The fourth-order valence-electron chi connectivity index (χ4n) is 2.75. The zero-order valence-corrected chi connectivity index (χ0v) is 12.2. The Balaban J connectivity index is 1.97. The third kappa shape index (κ3) is 2.20. The van der Waals surface area contributed by atoms with Crippen LogP contribution in [0.4, 0.5) is 0 Å². The number of hydrogen-bond donors (Lipinski definition) is 1. The molecule has 1 aromatic heterocycles. The topological polar surface area (TPSA) is 28.7 Å². The lowest BCUT2D eigenvalue weighted by molar-refractivity contribution is 0.788. The highest BCUT2D eigenvalue weighted by Crippen LogP contribution is 2.29. The van der Waals surface area contributed by atoms with Crippen molar-refractivity contribution in [3.05, 3.63) is 52.1 Å². The third-order valence-corrected chi connectivity index (χ3v) is 4.05. The molecule has 2 aromatic rings. The number of H-pyrrole nitrogens is 1. The van der Waals surface area contributed by atoms with Crippen LogP contribution in [0.5, 0.6) is 0 Å². The van der Waals surface area contributed by atoms with Gasteiger partial charge in [0.25, 0.3) is 0 Å². The van der Waals surface area contributed by atoms with E-state index < -0.39 is 0 Å². The van der Waals surface area contributed by atoms with Gasteiger partial charge < -0.3 is 4.98 Å². The molecule has 1 heterocycles. The number of rotatable bonds is 2. The molecule has 1 N–H and O–H groups in total. The number of fused-ring (bicyclic) bond motifs is 2. The first kappa shape index (κ1) is 12.5. The Bertz CT molecular complexity index is 606. The Morgan fingerprint density at radius 1 is 1.00 bits per heavy atom. The molecule has 0 aliphatic heterocycles. The number of nitrogens with one attached hydrogen (secondary N) is 1. The van der Waals surface area contributed by atoms with E-state index in [2.05, 4.69) is 50.9 Å². The fourth-order valence-corrected chi connectivity index (χ4v) is 2.75. The van der Waals surface area contributed by atoms with Gasteiger partial charge in [-0.3, -0.25) is 0 Å². The molecule has 1 aliphatic rings. The van der Waals surface area contributed by atoms with Crippen molar-refractivity contribution in [1.82, 2.24) is 9.97 Å². The zero-order chi connectivity index (χ0) is 13.6. The normalized spacial score (nSPS) is 13.8. The molecule has 3 rings (SSSR count). The molecular formula is C17H22N2. The number of aromatic amines is 1. The van der Waals surface area contributed by atoms with Gasteiger partial charge in [0.1, 0.15) is 5.82 Å². The monoisotopic (exact) mass is 254 g/mol. The summed E-state index contributed by atoms with van der Waals surface area (Å²) in [5, 5.41) is 0. The van der Waals surface area contributed by atoms with Crippen LogP contribution in [-0.2, 0) is 12.8 Å². The van der Waals surface area contributed by atoms with Gasteiger partial charge in [-0.15, -0.1) is 0 Å². The van der Waals surface area contributed by atoms with E-state index in [1.807, 2.05) is 0 Å². The molecule has 1 aliphatic carbocycles. The lowest BCUT2D eigenvalue weighted by atomic mass is 9.89. The van der Waals surface area contributed by atoms with Gasteiger partial charge in [0, 0.05) is 24.5 Å². The first-order chi connectivity index (χ1) is 9.04. The Labute approximate surface area is 115 Å². The van der Waals surface area contributed by atoms with Crippen LogP contribution in [0.1, 0.15) is 73.4 Å². The van der Waals surface area contributed by atoms with Gasteiger partial charge in [0.05, 0.1) is 5.69 Å². The Morgan fingerprint density at radius 3 is 2.47 bits per heavy atom. The molecule has 0 spiro atoms. The van der Waals surface area contributed by atoms with Gasteiger partial charge in [-0.05, 0) is 22.6 Å². The molecule has 1 aromatic carbocycles. The second-order valence-electron chi connectivity index (χ2n) is 6.24. The summed E-state index contributed by atoms with van der Waals surface area (Å²) >= 11 is 0. The van der Waals surface area contributed by atoms with Gasteiger partial charge in [-0.2, -0.15) is 0 Å². The number of hydrogen-bond acceptors (Lipinski definition) is 1. The molecule has 0 radical (unpaired) electrons. The van der Waals surface area contributed by atoms with E-state index in [0.29, 0.717) is 11.8 Å². The van der Waals surface area contributed by atoms with E-state index in [1.54, 1.807) is 0 Å². The van der Waals surface area contributed by atoms with Crippen LogP contribution in [0.15, 0.2) is 18.2 Å². The predicted molar refractivity (Wildman–Crippen MR) is 78.8 cm³/mol. The Morgan fingerprint density at radius 2 is 1.79 bits per heavy atom. The molecule has 19 heavy (non-hydrogen) atoms. The molecule has 0 unspecified atom stereocenters. The molecule has 0 atom stereocenters. The van der Waals surface area contributed by atoms with Crippen LogP contribution in [0, 0.1) is 0 Å². The zero-order valence-electron chi connectivity index (χ0n) is 12.2. The summed E-state index contributed by atoms with van der Waals surface area (Å²) in [6.45, 7) is 8.88. The lowest BCUT2D eigenvalue weighted by Gasteiger charge is -2.17. The van der Waals surface area contributed by atoms with Crippen molar-refractivity contribution in [3.63, 3.8) is 0 Å². The molecular weight excluding hydrogens is 232 g/mol. The van der Waals surface area contributed by atoms with Crippen LogP contribution in [0.2, 0.25) is 0 Å². The first-order valence-electron chi connectivity index (χ1n) is 7.24. The minimum atomic E-state index is 0.472. The highest BCUT2D eigenvalue weighted by molar-refractivity contribution is 5.43. The largest absolute Gasteiger partial charge is 0.345 e. The molecule has 2 nitrogen and oxygen atoms in total. The smallest absolute Gasteiger partial charge is 0.109 e. The highest BCUT2D eigenvalue weighted by Gasteiger charge is 2.20. The minimum absolute atomic E-state index is 0.472. The summed E-state index contributed by atoms with van der Waals surface area (Å²) in [5.41, 5.74) is 6.91. The third-order valence-electron chi connectivity index (χ3n) is 4.05. The number of benzene rings is 1. The van der Waals surface area contributed by atoms with Gasteiger partial charge in [0.15, 0.2) is 0 Å². The molecule has 0 saturated heterocycles. The maximum absolute atomic E-state index is 4.75. The maximum Gasteiger partial charge on any atom is 0.109 e. The molecule has 0 amide bonds. The molecule has 0 bridgehead atoms. The van der Waals surface area contributed by atoms with Crippen LogP contribution >= 0.6 is 0 Å². The standard InChI is InChI=1S/C17H22N2/c1-10(2)12-5-6-13-8-15-16(9-14(13)7-12)19-17(18-15)11(3)4/h5-7,10-11H,8-9H2,1-4H3,(H,18,19). The van der Waals surface area contributed by atoms with Gasteiger partial charge in [-0.25, -0.2) is 4.98 Å². The summed E-state index contributed by atoms with van der Waals surface area (Å²) in [4.78, 5) is 8.26. The van der Waals surface area contributed by atoms with Crippen LogP contribution in [0.25, 0.3) is 0 Å². The lowest BCUT2D eigenvalue weighted by Crippen LogP contribution is -2.08. The van der Waals surface area contributed by atoms with Gasteiger partial charge in [-0.1, -0.05) is 45.9 Å². The number of nitrogens with zero attached hydrogens (tertiary/aromatic N) is 1. The van der Waals surface area contributed by atoms with Crippen molar-refractivity contribution < 1.29 is 0 Å². The Hall–Kier alpha value is -1.57. The molecule has 0 fully saturated rings. The number of aromatic nitrogens is 2. The Kier molecular flexibility index (Phi) is 2.96. The molecule has 0 saturated carbocycles. The van der Waals surface area contributed by atoms with E-state index in [9.17, 15) is 0 Å². The van der Waals surface area contributed by atoms with E-state index in [4.69, 9.17) is 4.98 Å². The van der Waals surface area contributed by atoms with Crippen molar-refractivity contribution in [2.24, 2.45) is 0 Å². The number of imidazole rings is 1. The summed E-state index contributed by atoms with van der Waals surface area (Å²) in [7, 11) is 0. The van der Waals surface area contributed by atoms with Crippen LogP contribution in [-0.4, -0.2) is 9.97 Å². The quantitative estimate of drug-likeness (QED) is 0.731. The summed E-state index contributed by atoms with van der Waals surface area (Å²) in [5.74, 6) is 2.20. The van der Waals surface area contributed by atoms with E-state index in [-0.39, 0.29) is 0 Å². The van der Waals surface area contributed by atoms with E-state index in [0.717, 1.165) is 18.7 Å². The second-order valence-corrected chi connectivity index (χ2v) is 6.24. The summed E-state index contributed by atoms with van der Waals surface area (Å²) in [6, 6.07) is 6.93. The minimum Gasteiger partial charge on any atom is -0.345 e. The second kappa shape index (κ2) is 4.52. The summed E-state index contributed by atoms with van der Waals surface area (Å²) in [6.07, 6.45) is 1.98. The first-order valence-corrected chi connectivity index (χ1v) is 7.24. The SMILES string of the molecule is CC(C)c1ccc2c(c1)Cc1[nH]c(C(C)C)nc1C2. The highest BCUT2D eigenvalue weighted by atomic mass is 14.9. The van der Waals surface area contributed by atoms with Gasteiger partial charge >= 0.3 is 0 Å². The van der Waals surface area contributed by atoms with E-state index in [1.165, 1.54) is 28.1 Å². The molecule has 100 valence electrons. The van der Waals surface area contributed by atoms with Crippen molar-refractivity contribution >= 4 is 0 Å². The maximum atomic E-state index is 4.75. The molecule has 2 heteroatoms. The predicted octanol–water partition coefficient (Wildman–Crippen LogP) is 4.15. The van der Waals surface area contributed by atoms with E-state index >= 15 is 0 Å².